The Morgan fingerprint density at radius 2 is 1.72 bits per heavy atom. The first kappa shape index (κ1) is 26.6. The van der Waals surface area contributed by atoms with Crippen LogP contribution in [-0.4, -0.2) is 65.7 Å². The second-order valence-corrected chi connectivity index (χ2v) is 14.8. The van der Waals surface area contributed by atoms with Gasteiger partial charge in [0.1, 0.15) is 5.78 Å². The molecule has 0 aromatic rings. The molecule has 0 aromatic heterocycles. The van der Waals surface area contributed by atoms with E-state index in [4.69, 9.17) is 0 Å². The van der Waals surface area contributed by atoms with Crippen molar-refractivity contribution in [2.45, 2.75) is 105 Å². The van der Waals surface area contributed by atoms with Crippen LogP contribution in [0.2, 0.25) is 0 Å². The first-order valence-corrected chi connectivity index (χ1v) is 14.5. The van der Waals surface area contributed by atoms with Gasteiger partial charge in [-0.15, -0.1) is 0 Å². The zero-order chi connectivity index (χ0) is 26.6. The van der Waals surface area contributed by atoms with E-state index in [2.05, 4.69) is 52.0 Å². The molecule has 6 nitrogen and oxygen atoms in total. The number of nitrogens with zero attached hydrogens (tertiary/aromatic N) is 1. The van der Waals surface area contributed by atoms with E-state index in [0.717, 1.165) is 38.5 Å². The molecule has 36 heavy (non-hydrogen) atoms. The average molecular weight is 503 g/mol. The van der Waals surface area contributed by atoms with Crippen LogP contribution in [0.3, 0.4) is 0 Å². The van der Waals surface area contributed by atoms with Crippen molar-refractivity contribution in [1.82, 2.24) is 10.2 Å². The van der Waals surface area contributed by atoms with Crippen molar-refractivity contribution in [1.29, 1.82) is 0 Å². The minimum absolute atomic E-state index is 0.0352. The summed E-state index contributed by atoms with van der Waals surface area (Å²) in [6.07, 6.45) is 5.60. The third kappa shape index (κ3) is 2.96. The Morgan fingerprint density at radius 1 is 1.08 bits per heavy atom. The van der Waals surface area contributed by atoms with Crippen molar-refractivity contribution in [2.75, 3.05) is 20.7 Å². The minimum atomic E-state index is -0.420. The number of hydrogen-bond donors (Lipinski definition) is 3. The highest BCUT2D eigenvalue weighted by Gasteiger charge is 2.86. The van der Waals surface area contributed by atoms with E-state index in [1.165, 1.54) is 0 Å². The molecule has 3 N–H and O–H groups in total. The summed E-state index contributed by atoms with van der Waals surface area (Å²) in [6, 6.07) is 0.149. The predicted molar refractivity (Wildman–Crippen MR) is 140 cm³/mol. The number of Topliss-reactive ketones (excluding diaryl/α,β-unsaturated/α-hetero) is 1. The monoisotopic (exact) mass is 502 g/mol. The third-order valence-corrected chi connectivity index (χ3v) is 13.2. The van der Waals surface area contributed by atoms with E-state index in [9.17, 15) is 19.8 Å². The average Bonchev–Trinajstić information content (AvgIpc) is 3.44. The second-order valence-electron chi connectivity index (χ2n) is 14.8. The van der Waals surface area contributed by atoms with Gasteiger partial charge < -0.3 is 20.4 Å². The van der Waals surface area contributed by atoms with Gasteiger partial charge in [-0.25, -0.2) is 0 Å². The minimum Gasteiger partial charge on any atom is -0.396 e. The molecule has 204 valence electrons. The number of aliphatic hydroxyl groups excluding tert-OH is 2. The summed E-state index contributed by atoms with van der Waals surface area (Å²) >= 11 is 0. The predicted octanol–water partition coefficient (Wildman–Crippen LogP) is 3.64. The fourth-order valence-electron chi connectivity index (χ4n) is 11.0. The van der Waals surface area contributed by atoms with Crippen LogP contribution in [0.25, 0.3) is 0 Å². The molecule has 5 saturated carbocycles. The molecule has 2 spiro atoms. The first-order chi connectivity index (χ1) is 16.7. The zero-order valence-electron chi connectivity index (χ0n) is 23.9. The van der Waals surface area contributed by atoms with Crippen LogP contribution in [0.15, 0.2) is 0 Å². The van der Waals surface area contributed by atoms with Crippen molar-refractivity contribution in [3.05, 3.63) is 0 Å². The molecule has 11 atom stereocenters. The molecular weight excluding hydrogens is 452 g/mol. The maximum Gasteiger partial charge on any atom is 0.222 e. The van der Waals surface area contributed by atoms with E-state index in [0.29, 0.717) is 12.2 Å². The number of hydrogen-bond acceptors (Lipinski definition) is 5. The number of fused-ring (bicyclic) bond motifs is 2. The maximum absolute atomic E-state index is 14.4. The van der Waals surface area contributed by atoms with Gasteiger partial charge in [0.15, 0.2) is 0 Å². The van der Waals surface area contributed by atoms with E-state index in [1.54, 1.807) is 0 Å². The molecule has 5 aliphatic rings. The number of ketones is 1. The number of aliphatic hydroxyl groups is 2. The van der Waals surface area contributed by atoms with Crippen LogP contribution < -0.4 is 5.32 Å². The summed E-state index contributed by atoms with van der Waals surface area (Å²) in [5, 5.41) is 25.5. The zero-order valence-corrected chi connectivity index (χ0v) is 23.9. The van der Waals surface area contributed by atoms with Crippen molar-refractivity contribution in [3.63, 3.8) is 0 Å². The van der Waals surface area contributed by atoms with Crippen LogP contribution in [-0.2, 0) is 9.59 Å². The second kappa shape index (κ2) is 8.02. The van der Waals surface area contributed by atoms with Gasteiger partial charge >= 0.3 is 0 Å². The topological polar surface area (TPSA) is 89.9 Å². The highest BCUT2D eigenvalue weighted by atomic mass is 16.3. The Morgan fingerprint density at radius 3 is 2.31 bits per heavy atom. The Balaban J connectivity index is 1.51. The summed E-state index contributed by atoms with van der Waals surface area (Å²) in [7, 11) is 4.16. The van der Waals surface area contributed by atoms with Crippen molar-refractivity contribution in [2.24, 2.45) is 50.7 Å². The van der Waals surface area contributed by atoms with Crippen molar-refractivity contribution in [3.8, 4) is 0 Å². The lowest BCUT2D eigenvalue weighted by Gasteiger charge is -2.63. The molecule has 0 bridgehead atoms. The van der Waals surface area contributed by atoms with Gasteiger partial charge in [-0.1, -0.05) is 34.6 Å². The fourth-order valence-corrected chi connectivity index (χ4v) is 11.0. The molecule has 0 heterocycles. The number of amides is 1. The molecule has 5 fully saturated rings. The quantitative estimate of drug-likeness (QED) is 0.534. The summed E-state index contributed by atoms with van der Waals surface area (Å²) in [5.41, 5.74) is -1.10. The lowest BCUT2D eigenvalue weighted by molar-refractivity contribution is -0.173. The Bertz CT molecular complexity index is 951. The Labute approximate surface area is 218 Å². The number of rotatable bonds is 5. The highest BCUT2D eigenvalue weighted by Crippen LogP contribution is 2.87. The smallest absolute Gasteiger partial charge is 0.222 e. The number of carbonyl (C=O) groups excluding carboxylic acids is 2. The van der Waals surface area contributed by atoms with Gasteiger partial charge in [0.25, 0.3) is 0 Å². The number of nitrogens with one attached hydrogen (secondary N) is 1. The summed E-state index contributed by atoms with van der Waals surface area (Å²) in [5.74, 6) is 0.982. The van der Waals surface area contributed by atoms with Gasteiger partial charge in [-0.2, -0.15) is 0 Å². The van der Waals surface area contributed by atoms with Crippen molar-refractivity contribution < 1.29 is 19.8 Å². The Kier molecular flexibility index (Phi) is 5.93. The molecule has 0 radical (unpaired) electrons. The summed E-state index contributed by atoms with van der Waals surface area (Å²) in [4.78, 5) is 29.2. The van der Waals surface area contributed by atoms with Crippen LogP contribution in [0, 0.1) is 50.7 Å². The molecule has 0 aromatic carbocycles. The fraction of sp³-hybridized carbons (Fsp3) is 0.933. The van der Waals surface area contributed by atoms with E-state index in [-0.39, 0.29) is 69.9 Å². The molecular formula is C30H50N2O4. The van der Waals surface area contributed by atoms with E-state index < -0.39 is 11.5 Å². The van der Waals surface area contributed by atoms with E-state index >= 15 is 0 Å². The van der Waals surface area contributed by atoms with Gasteiger partial charge in [0, 0.05) is 41.2 Å². The van der Waals surface area contributed by atoms with Crippen molar-refractivity contribution >= 4 is 11.7 Å². The molecule has 1 amide bonds. The lowest BCUT2D eigenvalue weighted by Crippen LogP contribution is -2.64. The standard InChI is InChI=1S/C30H50N2O4/c1-17(2)25(36)31-22-11-12-29-15-30(29)21(10-9-20(29)26(22,4)16-33)27(5)13-19(34)24(18(3)32(7)8)28(27,6)14-23(30)35/h17-22,24,33-34H,9-16H2,1-8H3,(H,31,36)/t18-,19+,20-,21-,22-,24-,26-,27-,28+,29?,30-/m0/s1. The molecule has 6 heteroatoms. The largest absolute Gasteiger partial charge is 0.396 e. The SMILES string of the molecule is CC(C)C(=O)N[C@H]1CCC23C[C@]24C(=O)C[C@]2(C)[C@@H]([C@H](C)N(C)C)[C@H](O)C[C@@]2(C)[C@@H]4CC[C@H]3[C@]1(C)CO. The van der Waals surface area contributed by atoms with Crippen LogP contribution >= 0.6 is 0 Å². The first-order valence-electron chi connectivity index (χ1n) is 14.5. The van der Waals surface area contributed by atoms with Gasteiger partial charge in [0.2, 0.25) is 5.91 Å². The lowest BCUT2D eigenvalue weighted by atomic mass is 9.41. The normalized spacial score (nSPS) is 52.3. The van der Waals surface area contributed by atoms with Crippen LogP contribution in [0.5, 0.6) is 0 Å². The molecule has 0 aliphatic heterocycles. The summed E-state index contributed by atoms with van der Waals surface area (Å²) < 4.78 is 0. The third-order valence-electron chi connectivity index (χ3n) is 13.2. The molecule has 1 unspecified atom stereocenters. The van der Waals surface area contributed by atoms with Gasteiger partial charge in [-0.3, -0.25) is 9.59 Å². The molecule has 5 aliphatic carbocycles. The summed E-state index contributed by atoms with van der Waals surface area (Å²) in [6.45, 7) is 12.9. The van der Waals surface area contributed by atoms with E-state index in [1.807, 2.05) is 13.8 Å². The van der Waals surface area contributed by atoms with Gasteiger partial charge in [0.05, 0.1) is 12.7 Å². The Hall–Kier alpha value is -0.980. The van der Waals surface area contributed by atoms with Crippen LogP contribution in [0.1, 0.15) is 86.5 Å². The van der Waals surface area contributed by atoms with Crippen LogP contribution in [0.4, 0.5) is 0 Å². The number of carbonyl (C=O) groups is 2. The molecule has 0 saturated heterocycles. The molecule has 5 rings (SSSR count). The maximum atomic E-state index is 14.4. The van der Waals surface area contributed by atoms with Gasteiger partial charge in [-0.05, 0) is 87.6 Å². The highest BCUT2D eigenvalue weighted by molar-refractivity contribution is 5.92.